The second-order valence-electron chi connectivity index (χ2n) is 22.5. The van der Waals surface area contributed by atoms with Crippen LogP contribution in [-0.4, -0.2) is 14.1 Å². The van der Waals surface area contributed by atoms with Crippen molar-refractivity contribution in [3.63, 3.8) is 0 Å². The Morgan fingerprint density at radius 2 is 1.14 bits per heavy atom. The first-order valence-corrected chi connectivity index (χ1v) is 26.3. The molecule has 0 bridgehead atoms. The Bertz CT molecular complexity index is 4490. The van der Waals surface area contributed by atoms with Crippen molar-refractivity contribution in [2.24, 2.45) is 0 Å². The van der Waals surface area contributed by atoms with Gasteiger partial charge >= 0.3 is 0 Å². The predicted molar refractivity (Wildman–Crippen MR) is 319 cm³/mol. The van der Waals surface area contributed by atoms with Gasteiger partial charge in [0.1, 0.15) is 17.3 Å². The molecule has 9 aromatic carbocycles. The van der Waals surface area contributed by atoms with E-state index in [2.05, 4.69) is 88.8 Å². The topological polar surface area (TPSA) is 35.9 Å². The highest BCUT2D eigenvalue weighted by molar-refractivity contribution is 6.09. The van der Waals surface area contributed by atoms with Crippen LogP contribution in [-0.2, 0) is 22.6 Å². The minimum absolute atomic E-state index is 0.0957. The van der Waals surface area contributed by atoms with Gasteiger partial charge < -0.3 is 4.74 Å². The van der Waals surface area contributed by atoms with Gasteiger partial charge in [0.05, 0.1) is 40.3 Å². The lowest BCUT2D eigenvalue weighted by atomic mass is 9.78. The lowest BCUT2D eigenvalue weighted by molar-refractivity contribution is -0.571. The normalized spacial score (nSPS) is 13.7. The van der Waals surface area contributed by atoms with Crippen LogP contribution in [0.1, 0.15) is 87.2 Å². The molecule has 0 aliphatic carbocycles. The summed E-state index contributed by atoms with van der Waals surface area (Å²) in [6, 6.07) is 62.3. The summed E-state index contributed by atoms with van der Waals surface area (Å²) in [6.07, 6.45) is 3.65. The van der Waals surface area contributed by atoms with Crippen LogP contribution in [0.3, 0.4) is 0 Å². The Morgan fingerprint density at radius 1 is 0.519 bits per heavy atom. The molecule has 3 aromatic heterocycles. The van der Waals surface area contributed by atoms with Crippen LogP contribution >= 0.6 is 0 Å². The zero-order valence-electron chi connectivity index (χ0n) is 51.7. The van der Waals surface area contributed by atoms with E-state index in [1.807, 2.05) is 181 Å². The monoisotopic (exact) mass is 1010 g/mol. The molecule has 0 aliphatic rings. The van der Waals surface area contributed by atoms with Crippen LogP contribution < -0.4 is 9.30 Å². The van der Waals surface area contributed by atoms with Gasteiger partial charge in [0.15, 0.2) is 0 Å². The van der Waals surface area contributed by atoms with Crippen LogP contribution in [0.25, 0.3) is 83.4 Å². The summed E-state index contributed by atoms with van der Waals surface area (Å²) in [4.78, 5) is 5.13. The van der Waals surface area contributed by atoms with Gasteiger partial charge in [0.25, 0.3) is 6.33 Å². The summed E-state index contributed by atoms with van der Waals surface area (Å²) in [5.41, 5.74) is 10.9. The van der Waals surface area contributed by atoms with Gasteiger partial charge in [-0.3, -0.25) is 13.7 Å². The van der Waals surface area contributed by atoms with Crippen LogP contribution in [0.4, 0.5) is 0 Å². The average molecular weight is 1010 g/mol. The maximum atomic E-state index is 10.0. The predicted octanol–water partition coefficient (Wildman–Crippen LogP) is 18.1. The van der Waals surface area contributed by atoms with E-state index >= 15 is 0 Å². The van der Waals surface area contributed by atoms with Gasteiger partial charge in [-0.1, -0.05) is 231 Å². The third-order valence-electron chi connectivity index (χ3n) is 14.7. The molecule has 5 heteroatoms. The summed E-state index contributed by atoms with van der Waals surface area (Å²) in [5, 5.41) is 2.00. The molecule has 12 rings (SSSR count). The molecule has 0 fully saturated rings. The minimum atomic E-state index is -1.86. The highest BCUT2D eigenvalue weighted by Gasteiger charge is 2.27. The SMILES string of the molecule is [2H]c1c([2H])c([2H])c(-c2cccc(-c3cc(C(C)(C)C)cc(C(C)(C)C)c3)c2-[n+]2[c-]n(-c3cccc(Oc4ccc5c6ccccc6n(-c6cc(C([2H])([2H])C(C)(C)c7ccccc7)c(-c7ccccc7)cn6)c5c4)c3)c3ccccc32)c([2H])c1[2H]. The van der Waals surface area contributed by atoms with E-state index < -0.39 is 29.9 Å². The molecule has 0 atom stereocenters. The number of benzene rings is 9. The van der Waals surface area contributed by atoms with Gasteiger partial charge in [0.2, 0.25) is 0 Å². The number of ether oxygens (including phenoxy) is 1. The molecule has 0 saturated carbocycles. The van der Waals surface area contributed by atoms with Crippen molar-refractivity contribution in [1.29, 1.82) is 0 Å². The highest BCUT2D eigenvalue weighted by Crippen LogP contribution is 2.41. The van der Waals surface area contributed by atoms with Crippen LogP contribution in [0.15, 0.2) is 231 Å². The lowest BCUT2D eigenvalue weighted by Crippen LogP contribution is -2.31. The molecule has 0 saturated heterocycles. The summed E-state index contributed by atoms with van der Waals surface area (Å²) >= 11 is 0. The lowest BCUT2D eigenvalue weighted by Gasteiger charge is -2.27. The summed E-state index contributed by atoms with van der Waals surface area (Å²) < 4.78 is 77.6. The number of fused-ring (bicyclic) bond motifs is 4. The number of imidazole rings is 1. The third-order valence-corrected chi connectivity index (χ3v) is 14.7. The first-order chi connectivity index (χ1) is 40.0. The molecule has 3 heterocycles. The van der Waals surface area contributed by atoms with Crippen molar-refractivity contribution in [3.8, 4) is 62.1 Å². The van der Waals surface area contributed by atoms with Crippen molar-refractivity contribution < 1.29 is 18.9 Å². The molecule has 77 heavy (non-hydrogen) atoms. The van der Waals surface area contributed by atoms with Gasteiger partial charge in [-0.15, -0.1) is 0 Å². The van der Waals surface area contributed by atoms with E-state index in [-0.39, 0.29) is 28.5 Å². The van der Waals surface area contributed by atoms with Crippen LogP contribution in [0.5, 0.6) is 11.5 Å². The van der Waals surface area contributed by atoms with Gasteiger partial charge in [-0.05, 0) is 115 Å². The molecule has 0 N–H and O–H groups in total. The van der Waals surface area contributed by atoms with Crippen molar-refractivity contribution >= 4 is 32.8 Å². The molecule has 0 spiro atoms. The molecular formula is C72H64N4O. The second-order valence-corrected chi connectivity index (χ2v) is 22.5. The van der Waals surface area contributed by atoms with Crippen LogP contribution in [0.2, 0.25) is 0 Å². The average Bonchev–Trinajstić information content (AvgIpc) is 1.54. The highest BCUT2D eigenvalue weighted by atomic mass is 16.5. The summed E-state index contributed by atoms with van der Waals surface area (Å²) in [5.74, 6) is 1.70. The Morgan fingerprint density at radius 3 is 1.87 bits per heavy atom. The summed E-state index contributed by atoms with van der Waals surface area (Å²) in [7, 11) is 0. The van der Waals surface area contributed by atoms with Crippen molar-refractivity contribution in [2.75, 3.05) is 0 Å². The Balaban J connectivity index is 0.999. The molecule has 0 aliphatic heterocycles. The van der Waals surface area contributed by atoms with E-state index in [1.165, 1.54) is 0 Å². The van der Waals surface area contributed by atoms with E-state index in [9.17, 15) is 5.48 Å². The largest absolute Gasteiger partial charge is 0.458 e. The maximum Gasteiger partial charge on any atom is 0.269 e. The van der Waals surface area contributed by atoms with E-state index in [4.69, 9.17) is 13.8 Å². The van der Waals surface area contributed by atoms with Gasteiger partial charge in [-0.25, -0.2) is 4.98 Å². The minimum Gasteiger partial charge on any atom is -0.458 e. The van der Waals surface area contributed by atoms with Crippen molar-refractivity contribution in [3.05, 3.63) is 259 Å². The Hall–Kier alpha value is -8.80. The van der Waals surface area contributed by atoms with Crippen molar-refractivity contribution in [2.45, 2.75) is 78.0 Å². The van der Waals surface area contributed by atoms with E-state index in [1.54, 1.807) is 6.20 Å². The van der Waals surface area contributed by atoms with Gasteiger partial charge in [-0.2, -0.15) is 0 Å². The van der Waals surface area contributed by atoms with E-state index in [0.29, 0.717) is 34.1 Å². The quantitative estimate of drug-likeness (QED) is 0.0956. The standard InChI is InChI=1S/C72H64N4O/c1-70(2,3)54-40-51(41-55(43-54)71(4,5)6)60-34-23-33-59(49-24-12-9-13-25-49)69(60)75-48-74(65-36-20-21-37-66(65)75)56-30-22-31-57(44-56)77-58-38-39-62-61-32-18-19-35-64(61)76(67(62)45-58)68-42-52(46-72(7,8)53-28-16-11-17-29-53)63(47-73-68)50-26-14-10-15-27-50/h9-45,47H,46H2,1-8H3/i9D,12D,13D,24D,25D,46D2. The number of pyridine rings is 1. The van der Waals surface area contributed by atoms with Gasteiger partial charge in [0, 0.05) is 31.3 Å². The van der Waals surface area contributed by atoms with Crippen molar-refractivity contribution in [1.82, 2.24) is 14.1 Å². The Kier molecular flexibility index (Phi) is 10.4. The van der Waals surface area contributed by atoms with E-state index in [0.717, 1.165) is 77.5 Å². The first-order valence-electron chi connectivity index (χ1n) is 29.8. The third kappa shape index (κ3) is 9.41. The zero-order chi connectivity index (χ0) is 59.2. The summed E-state index contributed by atoms with van der Waals surface area (Å²) in [6.45, 7) is 17.1. The molecule has 5 nitrogen and oxygen atoms in total. The zero-order valence-corrected chi connectivity index (χ0v) is 44.7. The number of para-hydroxylation sites is 4. The molecule has 12 aromatic rings. The van der Waals surface area contributed by atoms with Crippen LogP contribution in [0, 0.1) is 6.33 Å². The number of hydrogen-bond donors (Lipinski definition) is 0. The molecule has 0 radical (unpaired) electrons. The molecule has 378 valence electrons. The molecule has 0 amide bonds. The fourth-order valence-electron chi connectivity index (χ4n) is 10.5. The number of aromatic nitrogens is 4. The molecule has 0 unspecified atom stereocenters. The first kappa shape index (κ1) is 41.4. The number of nitrogens with zero attached hydrogens (tertiary/aromatic N) is 4. The fourth-order valence-corrected chi connectivity index (χ4v) is 10.5. The smallest absolute Gasteiger partial charge is 0.269 e. The second kappa shape index (κ2) is 19.4. The number of hydrogen-bond acceptors (Lipinski definition) is 2. The fraction of sp³-hybridized carbons (Fsp3) is 0.167. The molecular weight excluding hydrogens is 937 g/mol. The maximum absolute atomic E-state index is 10.0. The number of rotatable bonds is 11. The Labute approximate surface area is 463 Å².